The zero-order valence-electron chi connectivity index (χ0n) is 9.43. The Kier molecular flexibility index (Phi) is 7.66. The largest absolute Gasteiger partial charge is 1.00 e. The second-order valence-electron chi connectivity index (χ2n) is 3.18. The molecule has 1 nitrogen and oxygen atoms in total. The van der Waals surface area contributed by atoms with Gasteiger partial charge in [0.05, 0.1) is 12.4 Å². The van der Waals surface area contributed by atoms with Crippen molar-refractivity contribution in [3.05, 3.63) is 36.7 Å². The summed E-state index contributed by atoms with van der Waals surface area (Å²) in [5, 5.41) is 0. The van der Waals surface area contributed by atoms with E-state index in [1.165, 1.54) is 6.08 Å². The standard InChI is InChI=1S/C10H10BF4O.K/c1-2-3-6-16-10-5-4-8(12)7-9(10)11(13,14)15;/h2,4-5,7H,1,3,6H2;/q-1;+1. The van der Waals surface area contributed by atoms with Gasteiger partial charge in [0, 0.05) is 0 Å². The maximum atomic E-state index is 12.7. The van der Waals surface area contributed by atoms with Gasteiger partial charge in [-0.2, -0.15) is 0 Å². The summed E-state index contributed by atoms with van der Waals surface area (Å²) in [4.78, 5) is 0. The molecular weight excluding hydrogens is 262 g/mol. The van der Waals surface area contributed by atoms with Gasteiger partial charge in [0.25, 0.3) is 0 Å². The van der Waals surface area contributed by atoms with Crippen LogP contribution in [0.5, 0.6) is 5.75 Å². The Morgan fingerprint density at radius 2 is 1.94 bits per heavy atom. The summed E-state index contributed by atoms with van der Waals surface area (Å²) in [5.74, 6) is -1.26. The summed E-state index contributed by atoms with van der Waals surface area (Å²) >= 11 is 0. The van der Waals surface area contributed by atoms with E-state index in [1.54, 1.807) is 0 Å². The van der Waals surface area contributed by atoms with Crippen LogP contribution in [-0.2, 0) is 0 Å². The molecule has 1 rings (SSSR count). The Morgan fingerprint density at radius 1 is 1.29 bits per heavy atom. The topological polar surface area (TPSA) is 9.23 Å². The molecule has 0 N–H and O–H groups in total. The predicted octanol–water partition coefficient (Wildman–Crippen LogP) is -0.161. The van der Waals surface area contributed by atoms with Gasteiger partial charge in [-0.1, -0.05) is 11.5 Å². The summed E-state index contributed by atoms with van der Waals surface area (Å²) in [5.41, 5.74) is -1.04. The molecule has 0 radical (unpaired) electrons. The Morgan fingerprint density at radius 3 is 2.47 bits per heavy atom. The van der Waals surface area contributed by atoms with Crippen LogP contribution in [0.1, 0.15) is 6.42 Å². The van der Waals surface area contributed by atoms with Crippen LogP contribution < -0.4 is 61.6 Å². The number of halogens is 4. The molecule has 88 valence electrons. The van der Waals surface area contributed by atoms with Crippen LogP contribution in [0.25, 0.3) is 0 Å². The SMILES string of the molecule is C=CCCOc1ccc(F)cc1[B-](F)(F)F.[K+]. The molecule has 0 aliphatic rings. The molecule has 0 bridgehead atoms. The molecule has 0 amide bonds. The maximum absolute atomic E-state index is 12.7. The van der Waals surface area contributed by atoms with Gasteiger partial charge in [-0.05, 0) is 24.6 Å². The molecule has 0 saturated heterocycles. The van der Waals surface area contributed by atoms with E-state index in [9.17, 15) is 17.3 Å². The number of benzene rings is 1. The molecule has 0 aromatic heterocycles. The minimum absolute atomic E-state index is 0. The van der Waals surface area contributed by atoms with Gasteiger partial charge in [-0.3, -0.25) is 0 Å². The van der Waals surface area contributed by atoms with E-state index in [-0.39, 0.29) is 63.7 Å². The number of ether oxygens (including phenoxy) is 1. The average Bonchev–Trinajstić information content (AvgIpc) is 2.19. The third-order valence-electron chi connectivity index (χ3n) is 1.90. The Bertz CT molecular complexity index is 381. The van der Waals surface area contributed by atoms with Crippen LogP contribution in [0.15, 0.2) is 30.9 Å². The first-order valence-electron chi connectivity index (χ1n) is 4.68. The fourth-order valence-corrected chi connectivity index (χ4v) is 1.16. The average molecular weight is 272 g/mol. The van der Waals surface area contributed by atoms with Gasteiger partial charge >= 0.3 is 58.4 Å². The normalized spacial score (nSPS) is 10.6. The molecule has 0 saturated carbocycles. The molecule has 0 fully saturated rings. The second kappa shape index (κ2) is 7.58. The van der Waals surface area contributed by atoms with Gasteiger partial charge in [-0.25, -0.2) is 4.39 Å². The molecule has 1 aromatic rings. The van der Waals surface area contributed by atoms with E-state index in [0.29, 0.717) is 12.5 Å². The number of rotatable bonds is 5. The van der Waals surface area contributed by atoms with Crippen LogP contribution in [0, 0.1) is 5.82 Å². The first kappa shape index (κ1) is 17.2. The van der Waals surface area contributed by atoms with Crippen molar-refractivity contribution in [3.8, 4) is 5.75 Å². The summed E-state index contributed by atoms with van der Waals surface area (Å²) in [7, 11) is 0. The van der Waals surface area contributed by atoms with Crippen LogP contribution >= 0.6 is 0 Å². The van der Waals surface area contributed by atoms with Gasteiger partial charge in [0.1, 0.15) is 5.82 Å². The van der Waals surface area contributed by atoms with Crippen molar-refractivity contribution in [3.63, 3.8) is 0 Å². The van der Waals surface area contributed by atoms with Crippen molar-refractivity contribution in [1.29, 1.82) is 0 Å². The van der Waals surface area contributed by atoms with Crippen LogP contribution in [0.3, 0.4) is 0 Å². The Labute approximate surface area is 140 Å². The fraction of sp³-hybridized carbons (Fsp3) is 0.200. The van der Waals surface area contributed by atoms with E-state index in [1.807, 2.05) is 0 Å². The first-order valence-corrected chi connectivity index (χ1v) is 4.68. The first-order chi connectivity index (χ1) is 7.45. The minimum Gasteiger partial charge on any atom is -0.496 e. The number of hydrogen-bond donors (Lipinski definition) is 0. The monoisotopic (exact) mass is 272 g/mol. The molecule has 1 aromatic carbocycles. The molecule has 7 heteroatoms. The zero-order chi connectivity index (χ0) is 12.2. The molecule has 0 spiro atoms. The van der Waals surface area contributed by atoms with E-state index in [0.717, 1.165) is 12.1 Å². The minimum atomic E-state index is -5.27. The Hall–Kier alpha value is 0.181. The summed E-state index contributed by atoms with van der Waals surface area (Å²) in [6, 6.07) is 2.38. The molecule has 0 aliphatic carbocycles. The van der Waals surface area contributed by atoms with E-state index >= 15 is 0 Å². The molecular formula is C10H10BF4KO. The van der Waals surface area contributed by atoms with Gasteiger partial charge in [-0.15, -0.1) is 6.58 Å². The summed E-state index contributed by atoms with van der Waals surface area (Å²) in [6.45, 7) is -1.76. The zero-order valence-corrected chi connectivity index (χ0v) is 12.6. The van der Waals surface area contributed by atoms with Crippen molar-refractivity contribution in [2.75, 3.05) is 6.61 Å². The smallest absolute Gasteiger partial charge is 0.496 e. The van der Waals surface area contributed by atoms with E-state index in [4.69, 9.17) is 4.74 Å². The predicted molar refractivity (Wildman–Crippen MR) is 55.4 cm³/mol. The van der Waals surface area contributed by atoms with Crippen molar-refractivity contribution in [2.24, 2.45) is 0 Å². The van der Waals surface area contributed by atoms with Crippen LogP contribution in [0.4, 0.5) is 17.3 Å². The third-order valence-corrected chi connectivity index (χ3v) is 1.90. The van der Waals surface area contributed by atoms with Crippen molar-refractivity contribution < 1.29 is 73.5 Å². The van der Waals surface area contributed by atoms with Crippen molar-refractivity contribution >= 4 is 12.4 Å². The van der Waals surface area contributed by atoms with Gasteiger partial charge in [0.2, 0.25) is 0 Å². The molecule has 0 aliphatic heterocycles. The van der Waals surface area contributed by atoms with E-state index < -0.39 is 18.3 Å². The van der Waals surface area contributed by atoms with Gasteiger partial charge in [0.15, 0.2) is 0 Å². The third kappa shape index (κ3) is 5.57. The molecule has 0 heterocycles. The second-order valence-corrected chi connectivity index (χ2v) is 3.18. The fourth-order valence-electron chi connectivity index (χ4n) is 1.16. The summed E-state index contributed by atoms with van der Waals surface area (Å²) in [6.07, 6.45) is 1.96. The van der Waals surface area contributed by atoms with Crippen molar-refractivity contribution in [1.82, 2.24) is 0 Å². The van der Waals surface area contributed by atoms with E-state index in [2.05, 4.69) is 6.58 Å². The molecule has 0 atom stereocenters. The number of hydrogen-bond acceptors (Lipinski definition) is 1. The summed E-state index contributed by atoms with van der Waals surface area (Å²) < 4.78 is 55.2. The maximum Gasteiger partial charge on any atom is 1.00 e. The Balaban J connectivity index is 0.00000256. The molecule has 0 unspecified atom stereocenters. The van der Waals surface area contributed by atoms with Crippen LogP contribution in [-0.4, -0.2) is 13.6 Å². The van der Waals surface area contributed by atoms with Crippen molar-refractivity contribution in [2.45, 2.75) is 6.42 Å². The quantitative estimate of drug-likeness (QED) is 0.313. The van der Waals surface area contributed by atoms with Crippen LogP contribution in [0.2, 0.25) is 0 Å². The van der Waals surface area contributed by atoms with Gasteiger partial charge < -0.3 is 17.7 Å². The molecule has 17 heavy (non-hydrogen) atoms.